The van der Waals surface area contributed by atoms with Gasteiger partial charge >= 0.3 is 17.9 Å². The monoisotopic (exact) mass is 564 g/mol. The van der Waals surface area contributed by atoms with Crippen LogP contribution in [0.15, 0.2) is 72.4 Å². The second kappa shape index (κ2) is 12.2. The van der Waals surface area contributed by atoms with Crippen LogP contribution in [0.25, 0.3) is 6.08 Å². The van der Waals surface area contributed by atoms with Crippen LogP contribution in [0, 0.1) is 22.7 Å². The van der Waals surface area contributed by atoms with Crippen LogP contribution in [0.4, 0.5) is 0 Å². The Morgan fingerprint density at radius 1 is 1.07 bits per heavy atom. The van der Waals surface area contributed by atoms with Crippen molar-refractivity contribution < 1.29 is 38.4 Å². The molecule has 1 N–H and O–H groups in total. The molecular formula is C33H40O8. The Bertz CT molecular complexity index is 1260. The smallest absolute Gasteiger partial charge is 0.331 e. The highest BCUT2D eigenvalue weighted by molar-refractivity contribution is 5.87. The highest BCUT2D eigenvalue weighted by atomic mass is 16.8. The Morgan fingerprint density at radius 3 is 2.39 bits per heavy atom. The van der Waals surface area contributed by atoms with Crippen LogP contribution >= 0.6 is 0 Å². The summed E-state index contributed by atoms with van der Waals surface area (Å²) in [7, 11) is 0. The largest absolute Gasteiger partial charge is 0.455 e. The molecule has 1 aliphatic heterocycles. The van der Waals surface area contributed by atoms with Gasteiger partial charge in [0.1, 0.15) is 6.10 Å². The Kier molecular flexibility index (Phi) is 9.04. The van der Waals surface area contributed by atoms with E-state index in [0.717, 1.165) is 11.1 Å². The summed E-state index contributed by atoms with van der Waals surface area (Å²) < 4.78 is 23.3. The summed E-state index contributed by atoms with van der Waals surface area (Å²) in [6.07, 6.45) is 5.97. The molecule has 1 saturated heterocycles. The minimum Gasteiger partial charge on any atom is -0.455 e. The van der Waals surface area contributed by atoms with Crippen molar-refractivity contribution in [3.63, 3.8) is 0 Å². The standard InChI is InChI=1S/C33H40O8/c1-7-20(2)15-16-32(6)21(3)17-28(36)33-26(30(38-22(4)34)41-31(33)39-23(5)35)18-25(19-27(32)33)40-29(37)14-13-24-11-9-8-10-12-24/h7-15,18,21,25,27-28,30-31,36H,1,16-17,19H2,2-6H3/t21-,25-,27+,28+,30+,31+,32-,33-/m1/s1. The SMILES string of the molecule is C=CC(C)=CC[C@]1(C)[C@H](C)C[C@H](O)[C@@]23C(=C[C@@H](OC(=O)C=Cc4ccccc4)C[C@@H]12)[C@@H](OC(C)=O)O[C@@H]3OC(C)=O. The zero-order valence-electron chi connectivity index (χ0n) is 24.4. The van der Waals surface area contributed by atoms with E-state index in [2.05, 4.69) is 26.5 Å². The summed E-state index contributed by atoms with van der Waals surface area (Å²) in [5.41, 5.74) is 0.674. The van der Waals surface area contributed by atoms with E-state index in [9.17, 15) is 19.5 Å². The first kappa shape index (κ1) is 30.5. The lowest BCUT2D eigenvalue weighted by molar-refractivity contribution is -0.253. The Morgan fingerprint density at radius 2 is 1.76 bits per heavy atom. The molecule has 2 aliphatic carbocycles. The number of ether oxygens (including phenoxy) is 4. The first-order valence-electron chi connectivity index (χ1n) is 14.0. The van der Waals surface area contributed by atoms with Crippen molar-refractivity contribution in [2.45, 2.75) is 78.7 Å². The van der Waals surface area contributed by atoms with Gasteiger partial charge in [-0.05, 0) is 61.2 Å². The summed E-state index contributed by atoms with van der Waals surface area (Å²) in [6, 6.07) is 9.41. The van der Waals surface area contributed by atoms with E-state index in [1.54, 1.807) is 18.2 Å². The number of carbonyl (C=O) groups excluding carboxylic acids is 3. The molecule has 1 aromatic rings. The van der Waals surface area contributed by atoms with Crippen molar-refractivity contribution in [1.29, 1.82) is 0 Å². The third kappa shape index (κ3) is 5.95. The third-order valence-electron chi connectivity index (χ3n) is 9.06. The van der Waals surface area contributed by atoms with Crippen molar-refractivity contribution in [1.82, 2.24) is 0 Å². The number of esters is 3. The van der Waals surface area contributed by atoms with Gasteiger partial charge in [0, 0.05) is 25.5 Å². The molecule has 1 heterocycles. The highest BCUT2D eigenvalue weighted by Crippen LogP contribution is 2.67. The van der Waals surface area contributed by atoms with E-state index in [4.69, 9.17) is 18.9 Å². The number of aliphatic hydroxyl groups excluding tert-OH is 1. The van der Waals surface area contributed by atoms with E-state index in [0.29, 0.717) is 24.8 Å². The first-order valence-corrected chi connectivity index (χ1v) is 14.0. The number of carbonyl (C=O) groups is 3. The first-order chi connectivity index (χ1) is 19.4. The van der Waals surface area contributed by atoms with Crippen molar-refractivity contribution in [3.8, 4) is 0 Å². The molecule has 1 spiro atoms. The minimum atomic E-state index is -1.21. The molecule has 41 heavy (non-hydrogen) atoms. The second-order valence-electron chi connectivity index (χ2n) is 11.6. The molecule has 8 heteroatoms. The van der Waals surface area contributed by atoms with Crippen LogP contribution in [0.1, 0.15) is 59.4 Å². The van der Waals surface area contributed by atoms with Gasteiger partial charge < -0.3 is 19.3 Å². The molecular weight excluding hydrogens is 524 g/mol. The fourth-order valence-electron chi connectivity index (χ4n) is 6.79. The van der Waals surface area contributed by atoms with Crippen LogP contribution in [0.5, 0.6) is 0 Å². The van der Waals surface area contributed by atoms with Gasteiger partial charge in [0.2, 0.25) is 12.6 Å². The molecule has 8 atom stereocenters. The number of aliphatic hydroxyl groups is 1. The van der Waals surface area contributed by atoms with Gasteiger partial charge in [-0.15, -0.1) is 0 Å². The molecule has 1 aromatic carbocycles. The predicted octanol–water partition coefficient (Wildman–Crippen LogP) is 5.28. The van der Waals surface area contributed by atoms with Gasteiger partial charge in [-0.2, -0.15) is 0 Å². The highest BCUT2D eigenvalue weighted by Gasteiger charge is 2.71. The summed E-state index contributed by atoms with van der Waals surface area (Å²) >= 11 is 0. The van der Waals surface area contributed by atoms with Gasteiger partial charge in [-0.25, -0.2) is 4.79 Å². The maximum atomic E-state index is 13.0. The van der Waals surface area contributed by atoms with Crippen LogP contribution < -0.4 is 0 Å². The maximum absolute atomic E-state index is 13.0. The third-order valence-corrected chi connectivity index (χ3v) is 9.06. The van der Waals surface area contributed by atoms with Gasteiger partial charge in [-0.3, -0.25) is 14.3 Å². The summed E-state index contributed by atoms with van der Waals surface area (Å²) in [5, 5.41) is 11.8. The van der Waals surface area contributed by atoms with E-state index in [1.165, 1.54) is 19.9 Å². The number of hydrogen-bond acceptors (Lipinski definition) is 8. The van der Waals surface area contributed by atoms with Crippen LogP contribution in [-0.4, -0.2) is 47.8 Å². The summed E-state index contributed by atoms with van der Waals surface area (Å²) in [4.78, 5) is 37.3. The summed E-state index contributed by atoms with van der Waals surface area (Å²) in [5.74, 6) is -2.04. The molecule has 220 valence electrons. The molecule has 3 aliphatic rings. The number of rotatable bonds is 8. The van der Waals surface area contributed by atoms with Crippen molar-refractivity contribution >= 4 is 24.0 Å². The lowest BCUT2D eigenvalue weighted by atomic mass is 9.45. The van der Waals surface area contributed by atoms with Crippen LogP contribution in [0.2, 0.25) is 0 Å². The topological polar surface area (TPSA) is 108 Å². The predicted molar refractivity (Wildman–Crippen MR) is 153 cm³/mol. The van der Waals surface area contributed by atoms with Crippen molar-refractivity contribution in [2.24, 2.45) is 22.7 Å². The molecule has 1 saturated carbocycles. The summed E-state index contributed by atoms with van der Waals surface area (Å²) in [6.45, 7) is 12.6. The molecule has 0 unspecified atom stereocenters. The molecule has 0 bridgehead atoms. The Labute approximate surface area is 241 Å². The zero-order valence-corrected chi connectivity index (χ0v) is 24.4. The van der Waals surface area contributed by atoms with E-state index in [1.807, 2.05) is 37.3 Å². The lowest BCUT2D eigenvalue weighted by Crippen LogP contribution is -2.63. The number of allylic oxidation sites excluding steroid dienone is 3. The average Bonchev–Trinajstić information content (AvgIpc) is 3.21. The minimum absolute atomic E-state index is 0.0430. The van der Waals surface area contributed by atoms with E-state index >= 15 is 0 Å². The average molecular weight is 565 g/mol. The molecule has 2 fully saturated rings. The zero-order chi connectivity index (χ0) is 29.9. The normalized spacial score (nSPS) is 34.7. The van der Waals surface area contributed by atoms with Crippen molar-refractivity contribution in [3.05, 3.63) is 77.9 Å². The quantitative estimate of drug-likeness (QED) is 0.149. The lowest BCUT2D eigenvalue weighted by Gasteiger charge is -2.60. The molecule has 0 amide bonds. The van der Waals surface area contributed by atoms with E-state index in [-0.39, 0.29) is 11.8 Å². The van der Waals surface area contributed by atoms with Gasteiger partial charge in [0.15, 0.2) is 0 Å². The maximum Gasteiger partial charge on any atom is 0.331 e. The van der Waals surface area contributed by atoms with Gasteiger partial charge in [-0.1, -0.05) is 68.5 Å². The fraction of sp³-hybridized carbons (Fsp3) is 0.485. The van der Waals surface area contributed by atoms with Crippen molar-refractivity contribution in [2.75, 3.05) is 0 Å². The fourth-order valence-corrected chi connectivity index (χ4v) is 6.79. The van der Waals surface area contributed by atoms with Crippen LogP contribution in [0.3, 0.4) is 0 Å². The number of benzene rings is 1. The van der Waals surface area contributed by atoms with Gasteiger partial charge in [0.25, 0.3) is 0 Å². The van der Waals surface area contributed by atoms with E-state index < -0.39 is 53.5 Å². The van der Waals surface area contributed by atoms with Gasteiger partial charge in [0.05, 0.1) is 11.5 Å². The Hall–Kier alpha value is -3.49. The van der Waals surface area contributed by atoms with Crippen LogP contribution in [-0.2, 0) is 33.3 Å². The molecule has 8 nitrogen and oxygen atoms in total. The molecule has 0 aromatic heterocycles. The molecule has 4 rings (SSSR count). The number of hydrogen-bond donors (Lipinski definition) is 1. The molecule has 0 radical (unpaired) electrons. The second-order valence-corrected chi connectivity index (χ2v) is 11.6. The Balaban J connectivity index is 1.80.